The van der Waals surface area contributed by atoms with Gasteiger partial charge < -0.3 is 14.0 Å². The van der Waals surface area contributed by atoms with Crippen molar-refractivity contribution in [2.24, 2.45) is 0 Å². The molecule has 327 valence electrons. The second-order valence-corrected chi connectivity index (χ2v) is 22.8. The predicted molar refractivity (Wildman–Crippen MR) is 273 cm³/mol. The Hall–Kier alpha value is -6.17. The molecule has 0 saturated heterocycles. The van der Waals surface area contributed by atoms with Crippen LogP contribution < -0.4 is 5.19 Å². The number of furan rings is 1. The molecule has 4 nitrogen and oxygen atoms in total. The average molecular weight is 1050 g/mol. The van der Waals surface area contributed by atoms with E-state index < -0.39 is 33.6 Å². The summed E-state index contributed by atoms with van der Waals surface area (Å²) in [4.78, 5) is 9.29. The van der Waals surface area contributed by atoms with Crippen molar-refractivity contribution in [3.05, 3.63) is 192 Å². The van der Waals surface area contributed by atoms with Crippen molar-refractivity contribution in [3.8, 4) is 50.6 Å². The molecule has 10 aromatic rings. The van der Waals surface area contributed by atoms with Gasteiger partial charge in [0.15, 0.2) is 0 Å². The number of rotatable bonds is 8. The first-order chi connectivity index (χ1) is 33.9. The third-order valence-corrected chi connectivity index (χ3v) is 13.8. The summed E-state index contributed by atoms with van der Waals surface area (Å²) in [5, 5.41) is 3.48. The third-order valence-electron chi connectivity index (χ3n) is 11.7. The van der Waals surface area contributed by atoms with Crippen LogP contribution in [0.2, 0.25) is 19.6 Å². The minimum Gasteiger partial charge on any atom is -0.501 e. The number of pyridine rings is 1. The molecule has 0 aliphatic carbocycles. The van der Waals surface area contributed by atoms with Gasteiger partial charge in [-0.05, 0) is 93.6 Å². The Morgan fingerprint density at radius 2 is 1.29 bits per heavy atom. The second kappa shape index (κ2) is 18.7. The Morgan fingerprint density at radius 3 is 1.91 bits per heavy atom. The van der Waals surface area contributed by atoms with Crippen LogP contribution in [0.15, 0.2) is 162 Å². The summed E-state index contributed by atoms with van der Waals surface area (Å²) in [5.41, 5.74) is 12.3. The van der Waals surface area contributed by atoms with Crippen molar-refractivity contribution in [1.29, 1.82) is 0 Å². The van der Waals surface area contributed by atoms with E-state index in [0.29, 0.717) is 22.7 Å². The van der Waals surface area contributed by atoms with E-state index >= 15 is 0 Å². The van der Waals surface area contributed by atoms with Gasteiger partial charge in [-0.25, -0.2) is 0 Å². The molecule has 10 rings (SSSR count). The third kappa shape index (κ3) is 9.22. The molecule has 3 aromatic heterocycles. The predicted octanol–water partition coefficient (Wildman–Crippen LogP) is 15.7. The molecule has 0 unspecified atom stereocenters. The van der Waals surface area contributed by atoms with Gasteiger partial charge in [-0.3, -0.25) is 4.98 Å². The maximum Gasteiger partial charge on any atom is 0.120 e. The number of aromatic nitrogens is 3. The maximum absolute atomic E-state index is 9.55. The van der Waals surface area contributed by atoms with Crippen LogP contribution in [0.5, 0.6) is 0 Å². The molecule has 0 N–H and O–H groups in total. The van der Waals surface area contributed by atoms with Crippen molar-refractivity contribution in [2.45, 2.75) is 72.8 Å². The van der Waals surface area contributed by atoms with Gasteiger partial charge in [-0.2, -0.15) is 0 Å². The molecule has 6 heteroatoms. The Bertz CT molecular complexity index is 3490. The summed E-state index contributed by atoms with van der Waals surface area (Å²) in [5.74, 6) is -1.36. The van der Waals surface area contributed by atoms with Gasteiger partial charge in [-0.1, -0.05) is 161 Å². The Morgan fingerprint density at radius 1 is 0.662 bits per heavy atom. The summed E-state index contributed by atoms with van der Waals surface area (Å²) in [6, 6.07) is 56.0. The number of benzene rings is 7. The maximum atomic E-state index is 9.55. The Kier molecular flexibility index (Phi) is 10.4. The van der Waals surface area contributed by atoms with Crippen LogP contribution in [-0.2, 0) is 20.1 Å². The van der Waals surface area contributed by atoms with Crippen LogP contribution >= 0.6 is 0 Å². The molecule has 0 aliphatic heterocycles. The largest absolute Gasteiger partial charge is 0.501 e. The zero-order valence-corrected chi connectivity index (χ0v) is 41.0. The van der Waals surface area contributed by atoms with E-state index in [2.05, 4.69) is 114 Å². The average Bonchev–Trinajstić information content (AvgIpc) is 3.92. The molecule has 0 atom stereocenters. The van der Waals surface area contributed by atoms with E-state index in [1.54, 1.807) is 12.1 Å². The topological polar surface area (TPSA) is 43.9 Å². The first-order valence-corrected chi connectivity index (χ1v) is 25.1. The Labute approximate surface area is 410 Å². The van der Waals surface area contributed by atoms with Crippen molar-refractivity contribution < 1.29 is 35.5 Å². The number of fused-ring (bicyclic) bond motifs is 4. The van der Waals surface area contributed by atoms with Crippen LogP contribution in [-0.4, -0.2) is 22.6 Å². The Balaban J connectivity index is 0.000000285. The smallest absolute Gasteiger partial charge is 0.120 e. The molecule has 0 amide bonds. The van der Waals surface area contributed by atoms with Crippen LogP contribution in [0.25, 0.3) is 83.6 Å². The summed E-state index contributed by atoms with van der Waals surface area (Å²) >= 11 is 0. The number of hydrogen-bond acceptors (Lipinski definition) is 3. The summed E-state index contributed by atoms with van der Waals surface area (Å²) in [7, 11) is -1.38. The minimum absolute atomic E-state index is 0. The number of hydrogen-bond donors (Lipinski definition) is 0. The SMILES string of the molecule is [2H]C(C)(C)c1cc(-c2ccc(-c3ccc([Si](C)(C)C)cc3)cc2)cc(C([2H])(C)C)c1-n1c(-c2[c-]ccc3c2oc2ccccc23)nc2ccccc21.[2H]C([2H])([2H])c1c[c-]c(-c2ccc(C([2H])([2H])[2H])cn2)cc1.[Ir]. The van der Waals surface area contributed by atoms with Gasteiger partial charge in [0, 0.05) is 48.3 Å². The number of para-hydroxylation sites is 3. The van der Waals surface area contributed by atoms with Crippen molar-refractivity contribution >= 4 is 46.2 Å². The number of nitrogens with zero attached hydrogens (tertiary/aromatic N) is 3. The van der Waals surface area contributed by atoms with Gasteiger partial charge in [0.1, 0.15) is 5.58 Å². The van der Waals surface area contributed by atoms with Gasteiger partial charge in [0.2, 0.25) is 0 Å². The molecular formula is C59H55IrN3OSi-2. The zero-order valence-electron chi connectivity index (χ0n) is 45.6. The van der Waals surface area contributed by atoms with Crippen molar-refractivity contribution in [2.75, 3.05) is 0 Å². The molecule has 7 aromatic carbocycles. The van der Waals surface area contributed by atoms with Gasteiger partial charge in [0.05, 0.1) is 30.5 Å². The summed E-state index contributed by atoms with van der Waals surface area (Å²) < 4.78 is 71.4. The fourth-order valence-corrected chi connectivity index (χ4v) is 9.40. The van der Waals surface area contributed by atoms with Crippen LogP contribution in [0.1, 0.15) is 72.7 Å². The molecule has 0 aliphatic rings. The fourth-order valence-electron chi connectivity index (χ4n) is 8.24. The van der Waals surface area contributed by atoms with Crippen LogP contribution in [0.4, 0.5) is 0 Å². The van der Waals surface area contributed by atoms with E-state index in [9.17, 15) is 2.74 Å². The van der Waals surface area contributed by atoms with E-state index in [1.807, 2.05) is 76.2 Å². The summed E-state index contributed by atoms with van der Waals surface area (Å²) in [6.45, 7) is 10.5. The van der Waals surface area contributed by atoms with E-state index in [1.165, 1.54) is 35.1 Å². The standard InChI is InChI=1S/C46H43N2OSi.C13H12N.Ir/c1-29(2)39-27-34(33-21-19-31(20-22-33)32-23-25-35(26-24-32)50(5,6)7)28-40(30(3)4)44(39)48-42-17-10-9-16-41(42)47-46(48)38-15-12-14-37-36-13-8-11-18-43(36)49-45(37)38;1-10-3-6-12(7-4-10)13-8-5-11(2)9-14-13;/h8-14,16-30H,1-7H3;3-6,8-9H,1-2H3;/q2*-1;/i29D,30D;1D3,2D3;. The molecule has 0 fully saturated rings. The zero-order chi connectivity index (χ0) is 51.5. The van der Waals surface area contributed by atoms with E-state index in [0.717, 1.165) is 66.5 Å². The minimum atomic E-state index is -2.18. The number of aryl methyl sites for hydroxylation is 2. The van der Waals surface area contributed by atoms with Crippen molar-refractivity contribution in [3.63, 3.8) is 0 Å². The van der Waals surface area contributed by atoms with Crippen LogP contribution in [0, 0.1) is 25.8 Å². The molecule has 0 spiro atoms. The molecule has 0 bridgehead atoms. The fraction of sp³-hybridized carbons (Fsp3) is 0.186. The van der Waals surface area contributed by atoms with Crippen molar-refractivity contribution in [1.82, 2.24) is 14.5 Å². The quantitative estimate of drug-likeness (QED) is 0.113. The molecule has 0 saturated carbocycles. The first-order valence-electron chi connectivity index (χ1n) is 25.6. The van der Waals surface area contributed by atoms with Crippen LogP contribution in [0.3, 0.4) is 0 Å². The monoisotopic (exact) mass is 1050 g/mol. The second-order valence-electron chi connectivity index (χ2n) is 17.7. The molecule has 3 heterocycles. The number of imidazole rings is 1. The first kappa shape index (κ1) is 36.1. The molecular weight excluding hydrogens is 987 g/mol. The molecule has 65 heavy (non-hydrogen) atoms. The van der Waals surface area contributed by atoms with Gasteiger partial charge >= 0.3 is 0 Å². The van der Waals surface area contributed by atoms with Gasteiger partial charge in [0.25, 0.3) is 0 Å². The molecule has 1 radical (unpaired) electrons. The normalized spacial score (nSPS) is 14.1. The van der Waals surface area contributed by atoms with Gasteiger partial charge in [-0.15, -0.1) is 53.6 Å². The summed E-state index contributed by atoms with van der Waals surface area (Å²) in [6.07, 6.45) is 1.30. The van der Waals surface area contributed by atoms with E-state index in [-0.39, 0.29) is 31.2 Å². The van der Waals surface area contributed by atoms with E-state index in [4.69, 9.17) is 17.6 Å².